The third kappa shape index (κ3) is 3.62. The molecule has 0 saturated carbocycles. The van der Waals surface area contributed by atoms with Crippen LogP contribution in [0.5, 0.6) is 11.5 Å². The minimum Gasteiger partial charge on any atom is -0.457 e. The van der Waals surface area contributed by atoms with Crippen LogP contribution < -0.4 is 10.1 Å². The van der Waals surface area contributed by atoms with Gasteiger partial charge in [0, 0.05) is 15.0 Å². The van der Waals surface area contributed by atoms with Crippen LogP contribution in [0.15, 0.2) is 45.3 Å². The second-order valence-electron chi connectivity index (χ2n) is 4.71. The van der Waals surface area contributed by atoms with E-state index in [0.29, 0.717) is 6.04 Å². The quantitative estimate of drug-likeness (QED) is 0.724. The summed E-state index contributed by atoms with van der Waals surface area (Å²) in [5, 5.41) is 3.23. The molecule has 0 aliphatic carbocycles. The van der Waals surface area contributed by atoms with E-state index >= 15 is 0 Å². The van der Waals surface area contributed by atoms with Gasteiger partial charge in [-0.25, -0.2) is 0 Å². The number of nitrogens with one attached hydrogen (secondary N) is 1. The first-order chi connectivity index (χ1) is 9.51. The Morgan fingerprint density at radius 1 is 1.10 bits per heavy atom. The van der Waals surface area contributed by atoms with Gasteiger partial charge >= 0.3 is 0 Å². The van der Waals surface area contributed by atoms with Gasteiger partial charge in [0.25, 0.3) is 0 Å². The summed E-state index contributed by atoms with van der Waals surface area (Å²) in [6.45, 7) is 4.16. The monoisotopic (exact) mass is 397 g/mol. The smallest absolute Gasteiger partial charge is 0.130 e. The lowest BCUT2D eigenvalue weighted by Gasteiger charge is -2.15. The maximum Gasteiger partial charge on any atom is 0.130 e. The maximum atomic E-state index is 5.94. The number of halogens is 2. The largest absolute Gasteiger partial charge is 0.457 e. The fourth-order valence-electron chi connectivity index (χ4n) is 1.93. The number of hydrogen-bond donors (Lipinski definition) is 1. The van der Waals surface area contributed by atoms with Gasteiger partial charge in [-0.3, -0.25) is 0 Å². The lowest BCUT2D eigenvalue weighted by atomic mass is 10.1. The van der Waals surface area contributed by atoms with Crippen LogP contribution >= 0.6 is 31.9 Å². The molecule has 1 unspecified atom stereocenters. The van der Waals surface area contributed by atoms with Crippen molar-refractivity contribution in [3.8, 4) is 11.5 Å². The Labute approximate surface area is 136 Å². The zero-order chi connectivity index (χ0) is 14.7. The van der Waals surface area contributed by atoms with E-state index in [1.165, 1.54) is 5.56 Å². The fraction of sp³-hybridized carbons (Fsp3) is 0.250. The van der Waals surface area contributed by atoms with Crippen LogP contribution in [-0.4, -0.2) is 7.05 Å². The van der Waals surface area contributed by atoms with Crippen molar-refractivity contribution < 1.29 is 4.74 Å². The molecule has 2 nitrogen and oxygen atoms in total. The Balaban J connectivity index is 2.24. The molecule has 2 aromatic rings. The highest BCUT2D eigenvalue weighted by Crippen LogP contribution is 2.32. The van der Waals surface area contributed by atoms with Crippen molar-refractivity contribution in [2.24, 2.45) is 0 Å². The fourth-order valence-corrected chi connectivity index (χ4v) is 3.11. The average molecular weight is 399 g/mol. The first kappa shape index (κ1) is 15.5. The third-order valence-corrected chi connectivity index (χ3v) is 4.42. The molecule has 20 heavy (non-hydrogen) atoms. The summed E-state index contributed by atoms with van der Waals surface area (Å²) in [5.74, 6) is 1.70. The van der Waals surface area contributed by atoms with Crippen LogP contribution in [0.1, 0.15) is 24.1 Å². The summed E-state index contributed by atoms with van der Waals surface area (Å²) >= 11 is 7.06. The van der Waals surface area contributed by atoms with Crippen molar-refractivity contribution in [3.63, 3.8) is 0 Å². The van der Waals surface area contributed by atoms with Crippen LogP contribution in [0.25, 0.3) is 0 Å². The van der Waals surface area contributed by atoms with Crippen LogP contribution in [-0.2, 0) is 0 Å². The molecular formula is C16H17Br2NO. The maximum absolute atomic E-state index is 5.94. The van der Waals surface area contributed by atoms with E-state index in [9.17, 15) is 0 Å². The Bertz CT molecular complexity index is 613. The third-order valence-electron chi connectivity index (χ3n) is 3.24. The van der Waals surface area contributed by atoms with Crippen LogP contribution in [0.3, 0.4) is 0 Å². The second-order valence-corrected chi connectivity index (χ2v) is 6.48. The number of aryl methyl sites for hydroxylation is 1. The van der Waals surface area contributed by atoms with Crippen LogP contribution in [0.2, 0.25) is 0 Å². The van der Waals surface area contributed by atoms with E-state index in [1.54, 1.807) is 0 Å². The summed E-state index contributed by atoms with van der Waals surface area (Å²) in [5.41, 5.74) is 2.32. The minimum absolute atomic E-state index is 0.299. The van der Waals surface area contributed by atoms with Gasteiger partial charge in [0.1, 0.15) is 11.5 Å². The molecule has 1 atom stereocenters. The number of benzene rings is 2. The van der Waals surface area contributed by atoms with E-state index in [0.717, 1.165) is 26.0 Å². The van der Waals surface area contributed by atoms with Crippen molar-refractivity contribution in [2.45, 2.75) is 19.9 Å². The molecule has 0 spiro atoms. The van der Waals surface area contributed by atoms with E-state index in [2.05, 4.69) is 50.2 Å². The molecule has 0 radical (unpaired) electrons. The molecule has 2 aromatic carbocycles. The Hall–Kier alpha value is -0.840. The van der Waals surface area contributed by atoms with Crippen molar-refractivity contribution in [2.75, 3.05) is 7.05 Å². The molecule has 0 aliphatic rings. The first-order valence-corrected chi connectivity index (χ1v) is 8.00. The Kier molecular flexibility index (Phi) is 5.24. The van der Waals surface area contributed by atoms with Crippen molar-refractivity contribution >= 4 is 31.9 Å². The topological polar surface area (TPSA) is 21.3 Å². The van der Waals surface area contributed by atoms with E-state index in [1.807, 2.05) is 44.3 Å². The second kappa shape index (κ2) is 6.74. The molecule has 0 aliphatic heterocycles. The minimum atomic E-state index is 0.299. The van der Waals surface area contributed by atoms with E-state index in [4.69, 9.17) is 4.74 Å². The zero-order valence-corrected chi connectivity index (χ0v) is 14.9. The molecule has 0 amide bonds. The van der Waals surface area contributed by atoms with Crippen LogP contribution in [0, 0.1) is 6.92 Å². The lowest BCUT2D eigenvalue weighted by Crippen LogP contribution is -2.12. The molecule has 2 rings (SSSR count). The summed E-state index contributed by atoms with van der Waals surface area (Å²) in [6.07, 6.45) is 0. The molecule has 4 heteroatoms. The zero-order valence-electron chi connectivity index (χ0n) is 11.7. The number of rotatable bonds is 4. The molecule has 106 valence electrons. The molecule has 1 N–H and O–H groups in total. The molecule has 0 bridgehead atoms. The van der Waals surface area contributed by atoms with E-state index in [-0.39, 0.29) is 0 Å². The molecule has 0 fully saturated rings. The van der Waals surface area contributed by atoms with Crippen LogP contribution in [0.4, 0.5) is 0 Å². The SMILES string of the molecule is CNC(C)c1ccc(Oc2ccc(Br)cc2C)cc1Br. The van der Waals surface area contributed by atoms with Gasteiger partial charge in [-0.2, -0.15) is 0 Å². The van der Waals surface area contributed by atoms with Crippen molar-refractivity contribution in [1.29, 1.82) is 0 Å². The number of hydrogen-bond acceptors (Lipinski definition) is 2. The van der Waals surface area contributed by atoms with Gasteiger partial charge in [0.2, 0.25) is 0 Å². The van der Waals surface area contributed by atoms with Gasteiger partial charge < -0.3 is 10.1 Å². The van der Waals surface area contributed by atoms with Gasteiger partial charge in [0.05, 0.1) is 0 Å². The van der Waals surface area contributed by atoms with Crippen molar-refractivity contribution in [3.05, 3.63) is 56.5 Å². The molecule has 0 aromatic heterocycles. The Morgan fingerprint density at radius 2 is 1.85 bits per heavy atom. The summed E-state index contributed by atoms with van der Waals surface area (Å²) in [7, 11) is 1.95. The standard InChI is InChI=1S/C16H17Br2NO/c1-10-8-12(17)4-7-16(10)20-13-5-6-14(11(2)19-3)15(18)9-13/h4-9,11,19H,1-3H3. The summed E-state index contributed by atoms with van der Waals surface area (Å²) in [4.78, 5) is 0. The molecule has 0 heterocycles. The summed E-state index contributed by atoms with van der Waals surface area (Å²) < 4.78 is 8.05. The highest BCUT2D eigenvalue weighted by Gasteiger charge is 2.09. The first-order valence-electron chi connectivity index (χ1n) is 6.42. The van der Waals surface area contributed by atoms with Gasteiger partial charge in [0.15, 0.2) is 0 Å². The highest BCUT2D eigenvalue weighted by molar-refractivity contribution is 9.10. The predicted octanol–water partition coefficient (Wildman–Crippen LogP) is 5.59. The van der Waals surface area contributed by atoms with Gasteiger partial charge in [-0.1, -0.05) is 37.9 Å². The highest BCUT2D eigenvalue weighted by atomic mass is 79.9. The number of ether oxygens (including phenoxy) is 1. The predicted molar refractivity (Wildman–Crippen MR) is 90.6 cm³/mol. The summed E-state index contributed by atoms with van der Waals surface area (Å²) in [6, 6.07) is 12.4. The van der Waals surface area contributed by atoms with Gasteiger partial charge in [-0.15, -0.1) is 0 Å². The average Bonchev–Trinajstić information content (AvgIpc) is 2.41. The normalized spacial score (nSPS) is 12.2. The van der Waals surface area contributed by atoms with Crippen molar-refractivity contribution in [1.82, 2.24) is 5.32 Å². The lowest BCUT2D eigenvalue weighted by molar-refractivity contribution is 0.477. The van der Waals surface area contributed by atoms with Gasteiger partial charge in [-0.05, 0) is 62.4 Å². The van der Waals surface area contributed by atoms with E-state index < -0.39 is 0 Å². The molecular weight excluding hydrogens is 382 g/mol. The molecule has 0 saturated heterocycles. The Morgan fingerprint density at radius 3 is 2.45 bits per heavy atom.